The van der Waals surface area contributed by atoms with Crippen molar-refractivity contribution in [3.05, 3.63) is 101 Å². The van der Waals surface area contributed by atoms with Gasteiger partial charge in [0.25, 0.3) is 5.91 Å². The number of hydrogen-bond acceptors (Lipinski definition) is 3. The number of halogens is 1. The molecule has 0 spiro atoms. The molecule has 1 fully saturated rings. The van der Waals surface area contributed by atoms with E-state index in [-0.39, 0.29) is 31.0 Å². The van der Waals surface area contributed by atoms with Gasteiger partial charge in [0.2, 0.25) is 5.91 Å². The van der Waals surface area contributed by atoms with E-state index in [0.29, 0.717) is 23.7 Å². The van der Waals surface area contributed by atoms with Crippen LogP contribution in [0.1, 0.15) is 62.1 Å². The predicted octanol–water partition coefficient (Wildman–Crippen LogP) is 6.03. The molecule has 6 heteroatoms. The Labute approximate surface area is 225 Å². The van der Waals surface area contributed by atoms with Gasteiger partial charge in [-0.25, -0.2) is 4.39 Å². The van der Waals surface area contributed by atoms with E-state index in [1.165, 1.54) is 16.5 Å². The monoisotopic (exact) mass is 516 g/mol. The molecule has 0 heterocycles. The second-order valence-corrected chi connectivity index (χ2v) is 10.3. The highest BCUT2D eigenvalue weighted by Crippen LogP contribution is 2.22. The first-order valence-electron chi connectivity index (χ1n) is 13.5. The average Bonchev–Trinajstić information content (AvgIpc) is 3.44. The summed E-state index contributed by atoms with van der Waals surface area (Å²) in [6.07, 6.45) is 4.34. The Hall–Kier alpha value is -3.67. The van der Waals surface area contributed by atoms with Crippen molar-refractivity contribution in [1.29, 1.82) is 0 Å². The van der Waals surface area contributed by atoms with E-state index in [0.717, 1.165) is 31.2 Å². The lowest BCUT2D eigenvalue weighted by Gasteiger charge is -2.32. The van der Waals surface area contributed by atoms with Crippen molar-refractivity contribution >= 4 is 11.8 Å². The molecule has 0 aliphatic heterocycles. The Morgan fingerprint density at radius 2 is 1.61 bits per heavy atom. The quantitative estimate of drug-likeness (QED) is 0.339. The first-order valence-corrected chi connectivity index (χ1v) is 13.5. The molecule has 0 saturated heterocycles. The fourth-order valence-electron chi connectivity index (χ4n) is 4.91. The molecule has 1 aliphatic rings. The number of carbonyl (C=O) groups excluding carboxylic acids is 2. The van der Waals surface area contributed by atoms with Gasteiger partial charge in [0, 0.05) is 24.6 Å². The molecular formula is C32H37FN2O3. The number of amides is 2. The highest BCUT2D eigenvalue weighted by Gasteiger charge is 2.32. The number of carbonyl (C=O) groups is 2. The van der Waals surface area contributed by atoms with Crippen LogP contribution in [0.2, 0.25) is 0 Å². The van der Waals surface area contributed by atoms with Gasteiger partial charge >= 0.3 is 0 Å². The van der Waals surface area contributed by atoms with Gasteiger partial charge in [-0.1, -0.05) is 87.4 Å². The number of benzene rings is 3. The maximum Gasteiger partial charge on any atom is 0.261 e. The zero-order valence-electron chi connectivity index (χ0n) is 22.2. The third kappa shape index (κ3) is 7.44. The minimum absolute atomic E-state index is 0.0310. The molecule has 3 aromatic rings. The zero-order chi connectivity index (χ0) is 26.9. The third-order valence-corrected chi connectivity index (χ3v) is 7.18. The van der Waals surface area contributed by atoms with Crippen LogP contribution in [0.3, 0.4) is 0 Å². The van der Waals surface area contributed by atoms with Crippen LogP contribution in [0.15, 0.2) is 78.9 Å². The van der Waals surface area contributed by atoms with E-state index in [4.69, 9.17) is 4.74 Å². The minimum Gasteiger partial charge on any atom is -0.484 e. The maximum atomic E-state index is 14.7. The van der Waals surface area contributed by atoms with E-state index >= 15 is 0 Å². The molecule has 4 rings (SSSR count). The van der Waals surface area contributed by atoms with E-state index in [9.17, 15) is 14.0 Å². The molecule has 38 heavy (non-hydrogen) atoms. The maximum absolute atomic E-state index is 14.7. The fraction of sp³-hybridized carbons (Fsp3) is 0.375. The molecule has 1 atom stereocenters. The zero-order valence-corrected chi connectivity index (χ0v) is 22.2. The Morgan fingerprint density at radius 1 is 0.947 bits per heavy atom. The number of nitrogens with one attached hydrogen (secondary N) is 1. The second-order valence-electron chi connectivity index (χ2n) is 10.3. The molecule has 3 aromatic carbocycles. The second kappa shape index (κ2) is 13.2. The van der Waals surface area contributed by atoms with Crippen LogP contribution in [-0.4, -0.2) is 35.4 Å². The molecule has 200 valence electrons. The van der Waals surface area contributed by atoms with Gasteiger partial charge in [0.05, 0.1) is 0 Å². The van der Waals surface area contributed by atoms with E-state index in [1.807, 2.05) is 54.6 Å². The van der Waals surface area contributed by atoms with Gasteiger partial charge in [-0.2, -0.15) is 0 Å². The lowest BCUT2D eigenvalue weighted by atomic mass is 10.0. The molecule has 0 aromatic heterocycles. The van der Waals surface area contributed by atoms with Crippen LogP contribution < -0.4 is 10.1 Å². The molecule has 1 aliphatic carbocycles. The van der Waals surface area contributed by atoms with Gasteiger partial charge in [-0.3, -0.25) is 9.59 Å². The smallest absolute Gasteiger partial charge is 0.261 e. The Morgan fingerprint density at radius 3 is 2.26 bits per heavy atom. The van der Waals surface area contributed by atoms with Gasteiger partial charge in [0.15, 0.2) is 6.61 Å². The molecule has 1 N–H and O–H groups in total. The van der Waals surface area contributed by atoms with Crippen LogP contribution in [-0.2, 0) is 22.6 Å². The van der Waals surface area contributed by atoms with E-state index in [2.05, 4.69) is 19.2 Å². The summed E-state index contributed by atoms with van der Waals surface area (Å²) in [5, 5.41) is 3.16. The number of hydrogen-bond donors (Lipinski definition) is 1. The molecule has 2 amide bonds. The lowest BCUT2D eigenvalue weighted by Crippen LogP contribution is -2.53. The Kier molecular flexibility index (Phi) is 9.52. The summed E-state index contributed by atoms with van der Waals surface area (Å²) in [4.78, 5) is 28.8. The number of ether oxygens (including phenoxy) is 1. The highest BCUT2D eigenvalue weighted by molar-refractivity contribution is 5.88. The van der Waals surface area contributed by atoms with E-state index < -0.39 is 11.9 Å². The van der Waals surface area contributed by atoms with Gasteiger partial charge < -0.3 is 15.0 Å². The van der Waals surface area contributed by atoms with Crippen LogP contribution in [0.5, 0.6) is 5.75 Å². The largest absolute Gasteiger partial charge is 0.484 e. The van der Waals surface area contributed by atoms with Crippen LogP contribution in [0, 0.1) is 5.82 Å². The van der Waals surface area contributed by atoms with Crippen molar-refractivity contribution in [3.8, 4) is 5.75 Å². The Bertz CT molecular complexity index is 1190. The predicted molar refractivity (Wildman–Crippen MR) is 147 cm³/mol. The van der Waals surface area contributed by atoms with Crippen LogP contribution in [0.4, 0.5) is 4.39 Å². The summed E-state index contributed by atoms with van der Waals surface area (Å²) in [5.41, 5.74) is 2.46. The van der Waals surface area contributed by atoms with Gasteiger partial charge in [-0.05, 0) is 48.1 Å². The molecule has 0 radical (unpaired) electrons. The van der Waals surface area contributed by atoms with Crippen molar-refractivity contribution in [2.24, 2.45) is 0 Å². The topological polar surface area (TPSA) is 58.6 Å². The molecular weight excluding hydrogens is 479 g/mol. The Balaban J connectivity index is 1.59. The number of nitrogens with zero attached hydrogens (tertiary/aromatic N) is 1. The SMILES string of the molecule is CC(C)c1ccc(OCC(=O)N(Cc2ccccc2F)[C@@H](Cc2ccccc2)C(=O)NC2CCCC2)cc1. The number of rotatable bonds is 11. The summed E-state index contributed by atoms with van der Waals surface area (Å²) >= 11 is 0. The van der Waals surface area contributed by atoms with Crippen molar-refractivity contribution in [2.45, 2.75) is 70.5 Å². The van der Waals surface area contributed by atoms with Gasteiger partial charge in [-0.15, -0.1) is 0 Å². The third-order valence-electron chi connectivity index (χ3n) is 7.18. The summed E-state index contributed by atoms with van der Waals surface area (Å²) in [6, 6.07) is 22.9. The molecule has 5 nitrogen and oxygen atoms in total. The standard InChI is InChI=1S/C32H37FN2O3/c1-23(2)25-16-18-28(19-17-25)38-22-31(36)35(21-26-12-6-9-15-29(26)33)30(20-24-10-4-3-5-11-24)32(37)34-27-13-7-8-14-27/h3-6,9-12,15-19,23,27,30H,7-8,13-14,20-22H2,1-2H3,(H,34,37)/t30-/m0/s1. The van der Waals surface area contributed by atoms with Crippen molar-refractivity contribution in [3.63, 3.8) is 0 Å². The van der Waals surface area contributed by atoms with E-state index in [1.54, 1.807) is 18.2 Å². The summed E-state index contributed by atoms with van der Waals surface area (Å²) in [6.45, 7) is 3.95. The minimum atomic E-state index is -0.808. The summed E-state index contributed by atoms with van der Waals surface area (Å²) < 4.78 is 20.6. The normalized spacial score (nSPS) is 14.3. The highest BCUT2D eigenvalue weighted by atomic mass is 19.1. The summed E-state index contributed by atoms with van der Waals surface area (Å²) in [5.74, 6) is -0.0387. The first kappa shape index (κ1) is 27.4. The van der Waals surface area contributed by atoms with Crippen molar-refractivity contribution in [2.75, 3.05) is 6.61 Å². The van der Waals surface area contributed by atoms with Crippen molar-refractivity contribution < 1.29 is 18.7 Å². The summed E-state index contributed by atoms with van der Waals surface area (Å²) in [7, 11) is 0. The fourth-order valence-corrected chi connectivity index (χ4v) is 4.91. The lowest BCUT2D eigenvalue weighted by molar-refractivity contribution is -0.143. The molecule has 0 unspecified atom stereocenters. The average molecular weight is 517 g/mol. The van der Waals surface area contributed by atoms with Crippen molar-refractivity contribution in [1.82, 2.24) is 10.2 Å². The van der Waals surface area contributed by atoms with Crippen LogP contribution in [0.25, 0.3) is 0 Å². The molecule has 1 saturated carbocycles. The van der Waals surface area contributed by atoms with Gasteiger partial charge in [0.1, 0.15) is 17.6 Å². The molecule has 0 bridgehead atoms. The van der Waals surface area contributed by atoms with Crippen LogP contribution >= 0.6 is 0 Å². The first-order chi connectivity index (χ1) is 18.4.